The molecule has 36 heavy (non-hydrogen) atoms. The highest BCUT2D eigenvalue weighted by Crippen LogP contribution is 2.43. The topological polar surface area (TPSA) is 122 Å². The number of pyridine rings is 2. The quantitative estimate of drug-likeness (QED) is 0.381. The van der Waals surface area contributed by atoms with Gasteiger partial charge in [0.05, 0.1) is 34.7 Å². The van der Waals surface area contributed by atoms with E-state index in [4.69, 9.17) is 4.42 Å². The van der Waals surface area contributed by atoms with Gasteiger partial charge >= 0.3 is 6.43 Å². The number of benzene rings is 1. The van der Waals surface area contributed by atoms with Gasteiger partial charge in [-0.15, -0.1) is 10.2 Å². The Kier molecular flexibility index (Phi) is 6.02. The van der Waals surface area contributed by atoms with Crippen LogP contribution in [-0.2, 0) is 16.6 Å². The molecule has 0 saturated heterocycles. The number of rotatable bonds is 6. The first-order valence-corrected chi connectivity index (χ1v) is 11.8. The third-order valence-corrected chi connectivity index (χ3v) is 7.48. The minimum atomic E-state index is -4.31. The van der Waals surface area contributed by atoms with Crippen molar-refractivity contribution in [3.8, 4) is 11.5 Å². The molecule has 1 N–H and O–H groups in total. The average Bonchev–Trinajstić information content (AvgIpc) is 3.44. The van der Waals surface area contributed by atoms with Crippen LogP contribution in [0.3, 0.4) is 0 Å². The van der Waals surface area contributed by atoms with E-state index in [-0.39, 0.29) is 34.3 Å². The van der Waals surface area contributed by atoms with Gasteiger partial charge in [0.25, 0.3) is 5.89 Å². The molecule has 0 saturated carbocycles. The van der Waals surface area contributed by atoms with E-state index in [1.807, 2.05) is 0 Å². The molecule has 0 amide bonds. The van der Waals surface area contributed by atoms with E-state index >= 15 is 0 Å². The molecule has 9 nitrogen and oxygen atoms in total. The van der Waals surface area contributed by atoms with Gasteiger partial charge in [-0.3, -0.25) is 9.97 Å². The second-order valence-corrected chi connectivity index (χ2v) is 9.67. The molecule has 0 bridgehead atoms. The number of halogens is 4. The van der Waals surface area contributed by atoms with Gasteiger partial charge in [-0.05, 0) is 42.0 Å². The fraction of sp³-hybridized carbons (Fsp3) is 0.182. The Labute approximate surface area is 201 Å². The summed E-state index contributed by atoms with van der Waals surface area (Å²) in [7, 11) is -4.31. The Balaban J connectivity index is 1.56. The summed E-state index contributed by atoms with van der Waals surface area (Å²) in [6.07, 6.45) is -2.86. The number of sulfonamides is 1. The van der Waals surface area contributed by atoms with E-state index in [1.165, 1.54) is 30.3 Å². The molecule has 4 heterocycles. The van der Waals surface area contributed by atoms with Crippen molar-refractivity contribution in [1.82, 2.24) is 24.5 Å². The van der Waals surface area contributed by atoms with Crippen LogP contribution in [0.2, 0.25) is 0 Å². The number of aromatic nitrogens is 4. The highest BCUT2D eigenvalue weighted by atomic mass is 32.2. The summed E-state index contributed by atoms with van der Waals surface area (Å²) < 4.78 is 85.6. The van der Waals surface area contributed by atoms with Gasteiger partial charge in [0.2, 0.25) is 15.9 Å². The number of aliphatic hydroxyl groups is 1. The first-order chi connectivity index (χ1) is 17.1. The molecule has 2 atom stereocenters. The molecule has 3 aromatic heterocycles. The van der Waals surface area contributed by atoms with Crippen LogP contribution in [-0.4, -0.2) is 38.0 Å². The summed E-state index contributed by atoms with van der Waals surface area (Å²) in [5.74, 6) is -2.54. The van der Waals surface area contributed by atoms with E-state index in [1.54, 1.807) is 0 Å². The van der Waals surface area contributed by atoms with Crippen molar-refractivity contribution in [2.75, 3.05) is 0 Å². The van der Waals surface area contributed by atoms with Crippen LogP contribution in [0.5, 0.6) is 0 Å². The third-order valence-electron chi connectivity index (χ3n) is 5.57. The molecule has 186 valence electrons. The van der Waals surface area contributed by atoms with Crippen molar-refractivity contribution >= 4 is 10.0 Å². The van der Waals surface area contributed by atoms with Gasteiger partial charge in [0, 0.05) is 12.1 Å². The van der Waals surface area contributed by atoms with E-state index < -0.39 is 46.1 Å². The van der Waals surface area contributed by atoms with E-state index in [9.17, 15) is 31.1 Å². The predicted molar refractivity (Wildman–Crippen MR) is 114 cm³/mol. The lowest BCUT2D eigenvalue weighted by Crippen LogP contribution is -2.34. The molecule has 1 aliphatic rings. The molecule has 0 aliphatic carbocycles. The first-order valence-electron chi connectivity index (χ1n) is 10.3. The molecule has 4 aromatic rings. The molecular weight excluding hydrogens is 506 g/mol. The summed E-state index contributed by atoms with van der Waals surface area (Å²) in [4.78, 5) is 7.62. The van der Waals surface area contributed by atoms with Crippen LogP contribution in [0, 0.1) is 11.6 Å². The van der Waals surface area contributed by atoms with E-state index in [0.29, 0.717) is 5.56 Å². The second-order valence-electron chi connectivity index (χ2n) is 7.81. The van der Waals surface area contributed by atoms with Crippen molar-refractivity contribution in [3.63, 3.8) is 0 Å². The highest BCUT2D eigenvalue weighted by molar-refractivity contribution is 7.89. The maximum absolute atomic E-state index is 13.6. The van der Waals surface area contributed by atoms with E-state index in [0.717, 1.165) is 28.8 Å². The fourth-order valence-corrected chi connectivity index (χ4v) is 5.70. The number of hydrogen-bond acceptors (Lipinski definition) is 8. The van der Waals surface area contributed by atoms with Crippen molar-refractivity contribution < 1.29 is 35.5 Å². The van der Waals surface area contributed by atoms with Crippen LogP contribution >= 0.6 is 0 Å². The highest BCUT2D eigenvalue weighted by Gasteiger charge is 2.44. The van der Waals surface area contributed by atoms with Gasteiger partial charge in [0.1, 0.15) is 17.7 Å². The number of aliphatic hydroxyl groups excluding tert-OH is 1. The lowest BCUT2D eigenvalue weighted by atomic mass is 10.0. The third kappa shape index (κ3) is 4.23. The zero-order chi connectivity index (χ0) is 25.6. The average molecular weight is 521 g/mol. The molecule has 0 unspecified atom stereocenters. The van der Waals surface area contributed by atoms with Crippen molar-refractivity contribution in [1.29, 1.82) is 0 Å². The van der Waals surface area contributed by atoms with Crippen LogP contribution < -0.4 is 0 Å². The molecule has 1 aliphatic heterocycles. The van der Waals surface area contributed by atoms with Crippen LogP contribution in [0.15, 0.2) is 64.2 Å². The summed E-state index contributed by atoms with van der Waals surface area (Å²) in [5.41, 5.74) is 0.407. The SMILES string of the molecule is O=S1(=O)c2cc(-c3nnc(C(F)F)o3)ccc2CN1[C@@H](c1ccc(F)cn1)[C@@H](O)c1ccc(F)cn1. The van der Waals surface area contributed by atoms with Gasteiger partial charge in [-0.1, -0.05) is 6.07 Å². The summed E-state index contributed by atoms with van der Waals surface area (Å²) in [6.45, 7) is -0.202. The molecule has 14 heteroatoms. The molecule has 0 fully saturated rings. The normalized spacial score (nSPS) is 16.7. The van der Waals surface area contributed by atoms with Crippen molar-refractivity contribution in [2.45, 2.75) is 30.0 Å². The van der Waals surface area contributed by atoms with Crippen LogP contribution in [0.25, 0.3) is 11.5 Å². The zero-order valence-corrected chi connectivity index (χ0v) is 18.8. The predicted octanol–water partition coefficient (Wildman–Crippen LogP) is 3.72. The maximum Gasteiger partial charge on any atom is 0.314 e. The van der Waals surface area contributed by atoms with Crippen LogP contribution in [0.4, 0.5) is 17.6 Å². The molecule has 0 spiro atoms. The number of nitrogens with zero attached hydrogens (tertiary/aromatic N) is 5. The summed E-state index contributed by atoms with van der Waals surface area (Å²) in [5, 5.41) is 17.9. The number of alkyl halides is 2. The lowest BCUT2D eigenvalue weighted by Gasteiger charge is -2.29. The van der Waals surface area contributed by atoms with Crippen molar-refractivity contribution in [2.24, 2.45) is 0 Å². The summed E-state index contributed by atoms with van der Waals surface area (Å²) in [6, 6.07) is 7.25. The van der Waals surface area contributed by atoms with Gasteiger partial charge in [0.15, 0.2) is 0 Å². The molecular formula is C22H15F4N5O4S. The lowest BCUT2D eigenvalue weighted by molar-refractivity contribution is 0.0825. The van der Waals surface area contributed by atoms with Crippen LogP contribution in [0.1, 0.15) is 41.4 Å². The number of fused-ring (bicyclic) bond motifs is 1. The first kappa shape index (κ1) is 24.0. The number of hydrogen-bond donors (Lipinski definition) is 1. The van der Waals surface area contributed by atoms with Gasteiger partial charge in [-0.2, -0.15) is 13.1 Å². The fourth-order valence-electron chi connectivity index (χ4n) is 3.88. The minimum Gasteiger partial charge on any atom is -0.415 e. The monoisotopic (exact) mass is 521 g/mol. The minimum absolute atomic E-state index is 0.0186. The largest absolute Gasteiger partial charge is 0.415 e. The van der Waals surface area contributed by atoms with Crippen molar-refractivity contribution in [3.05, 3.63) is 89.3 Å². The smallest absolute Gasteiger partial charge is 0.314 e. The standard InChI is InChI=1S/C22H15F4N5O4S/c23-13-3-5-15(27-8-13)18(19(32)16-6-4-14(24)9-28-16)31-10-12-2-1-11(7-17(12)36(31,33)34)21-29-30-22(35-21)20(25)26/h1-9,18-20,32H,10H2/t18-,19-/m0/s1. The molecule has 1 aromatic carbocycles. The van der Waals surface area contributed by atoms with Gasteiger partial charge in [-0.25, -0.2) is 17.2 Å². The summed E-state index contributed by atoms with van der Waals surface area (Å²) >= 11 is 0. The van der Waals surface area contributed by atoms with E-state index in [2.05, 4.69) is 20.2 Å². The Morgan fingerprint density at radius 1 is 0.944 bits per heavy atom. The zero-order valence-electron chi connectivity index (χ0n) is 18.0. The Hall–Kier alpha value is -3.75. The Morgan fingerprint density at radius 3 is 2.19 bits per heavy atom. The molecule has 5 rings (SSSR count). The molecule has 0 radical (unpaired) electrons. The Morgan fingerprint density at radius 2 is 1.61 bits per heavy atom. The second kappa shape index (κ2) is 9.04. The Bertz CT molecular complexity index is 1510. The van der Waals surface area contributed by atoms with Gasteiger partial charge < -0.3 is 9.52 Å². The maximum atomic E-state index is 13.6.